The average Bonchev–Trinajstić information content (AvgIpc) is 2.31. The Balaban J connectivity index is 2.39. The number of carbonyl (C=O) groups excluding carboxylic acids is 1. The number of carbonyl (C=O) groups is 1. The summed E-state index contributed by atoms with van der Waals surface area (Å²) in [4.78, 5) is 19.2. The molecule has 17 heavy (non-hydrogen) atoms. The van der Waals surface area contributed by atoms with Crippen molar-refractivity contribution in [2.45, 2.75) is 6.92 Å². The number of nitrogens with two attached hydrogens (primary N) is 1. The minimum Gasteiger partial charge on any atom is -0.383 e. The van der Waals surface area contributed by atoms with Crippen molar-refractivity contribution < 1.29 is 9.53 Å². The Labute approximate surface area is 99.8 Å². The number of rotatable bonds is 6. The highest BCUT2D eigenvalue weighted by atomic mass is 16.5. The third-order valence-electron chi connectivity index (χ3n) is 2.04. The highest BCUT2D eigenvalue weighted by molar-refractivity contribution is 5.80. The molecule has 0 aliphatic rings. The van der Waals surface area contributed by atoms with E-state index in [1.54, 1.807) is 13.3 Å². The van der Waals surface area contributed by atoms with E-state index in [4.69, 9.17) is 10.5 Å². The SMILES string of the molecule is COCCNC(=O)CNc1nc(N)ncc1C. The topological polar surface area (TPSA) is 102 Å². The Bertz CT molecular complexity index is 383. The minimum atomic E-state index is -0.126. The first-order chi connectivity index (χ1) is 8.13. The van der Waals surface area contributed by atoms with Crippen LogP contribution in [-0.2, 0) is 9.53 Å². The predicted molar refractivity (Wildman–Crippen MR) is 64.6 cm³/mol. The summed E-state index contributed by atoms with van der Waals surface area (Å²) in [5.74, 6) is 0.621. The lowest BCUT2D eigenvalue weighted by Crippen LogP contribution is -2.32. The molecule has 0 saturated carbocycles. The summed E-state index contributed by atoms with van der Waals surface area (Å²) in [5.41, 5.74) is 6.29. The van der Waals surface area contributed by atoms with Crippen LogP contribution in [-0.4, -0.2) is 42.7 Å². The van der Waals surface area contributed by atoms with Crippen LogP contribution in [0.2, 0.25) is 0 Å². The standard InChI is InChI=1S/C10H17N5O2/c1-7-5-14-10(11)15-9(7)13-6-8(16)12-3-4-17-2/h5H,3-4,6H2,1-2H3,(H,12,16)(H3,11,13,14,15). The number of amides is 1. The lowest BCUT2D eigenvalue weighted by molar-refractivity contribution is -0.119. The molecule has 1 aromatic heterocycles. The molecule has 1 heterocycles. The summed E-state index contributed by atoms with van der Waals surface area (Å²) in [7, 11) is 1.58. The molecule has 4 N–H and O–H groups in total. The Hall–Kier alpha value is -1.89. The highest BCUT2D eigenvalue weighted by Gasteiger charge is 2.04. The van der Waals surface area contributed by atoms with Gasteiger partial charge in [-0.05, 0) is 6.92 Å². The zero-order valence-corrected chi connectivity index (χ0v) is 9.99. The highest BCUT2D eigenvalue weighted by Crippen LogP contribution is 2.09. The van der Waals surface area contributed by atoms with Gasteiger partial charge in [-0.2, -0.15) is 4.98 Å². The number of anilines is 2. The summed E-state index contributed by atoms with van der Waals surface area (Å²) >= 11 is 0. The van der Waals surface area contributed by atoms with Crippen molar-refractivity contribution in [3.05, 3.63) is 11.8 Å². The normalized spacial score (nSPS) is 10.0. The molecule has 7 heteroatoms. The number of hydrogen-bond acceptors (Lipinski definition) is 6. The molecule has 0 aliphatic carbocycles. The van der Waals surface area contributed by atoms with Gasteiger partial charge < -0.3 is 21.1 Å². The summed E-state index contributed by atoms with van der Waals surface area (Å²) in [6.45, 7) is 2.96. The number of aromatic nitrogens is 2. The van der Waals surface area contributed by atoms with Gasteiger partial charge in [-0.15, -0.1) is 0 Å². The molecule has 0 atom stereocenters. The van der Waals surface area contributed by atoms with E-state index in [1.165, 1.54) is 0 Å². The third kappa shape index (κ3) is 4.64. The maximum absolute atomic E-state index is 11.4. The zero-order chi connectivity index (χ0) is 12.7. The molecular weight excluding hydrogens is 222 g/mol. The number of ether oxygens (including phenoxy) is 1. The molecule has 0 spiro atoms. The number of nitrogens with one attached hydrogen (secondary N) is 2. The Kier molecular flexibility index (Phi) is 5.15. The minimum absolute atomic E-state index is 0.126. The number of aryl methyl sites for hydroxylation is 1. The van der Waals surface area contributed by atoms with Crippen molar-refractivity contribution in [2.75, 3.05) is 37.9 Å². The van der Waals surface area contributed by atoms with Crippen molar-refractivity contribution in [3.63, 3.8) is 0 Å². The summed E-state index contributed by atoms with van der Waals surface area (Å²) in [5, 5.41) is 5.58. The van der Waals surface area contributed by atoms with Gasteiger partial charge in [0.25, 0.3) is 0 Å². The van der Waals surface area contributed by atoms with Crippen molar-refractivity contribution >= 4 is 17.7 Å². The molecule has 0 radical (unpaired) electrons. The summed E-state index contributed by atoms with van der Waals surface area (Å²) in [6, 6.07) is 0. The van der Waals surface area contributed by atoms with Crippen molar-refractivity contribution in [1.29, 1.82) is 0 Å². The van der Waals surface area contributed by atoms with Crippen LogP contribution in [0.3, 0.4) is 0 Å². The second-order valence-corrected chi connectivity index (χ2v) is 3.46. The third-order valence-corrected chi connectivity index (χ3v) is 2.04. The first-order valence-electron chi connectivity index (χ1n) is 5.22. The van der Waals surface area contributed by atoms with E-state index < -0.39 is 0 Å². The Morgan fingerprint density at radius 3 is 3.06 bits per heavy atom. The average molecular weight is 239 g/mol. The van der Waals surface area contributed by atoms with Gasteiger partial charge in [-0.3, -0.25) is 4.79 Å². The van der Waals surface area contributed by atoms with Gasteiger partial charge in [0.1, 0.15) is 5.82 Å². The van der Waals surface area contributed by atoms with Gasteiger partial charge in [-0.1, -0.05) is 0 Å². The second-order valence-electron chi connectivity index (χ2n) is 3.46. The van der Waals surface area contributed by atoms with E-state index in [1.807, 2.05) is 6.92 Å². The van der Waals surface area contributed by atoms with E-state index in [9.17, 15) is 4.79 Å². The van der Waals surface area contributed by atoms with Crippen molar-refractivity contribution in [2.24, 2.45) is 0 Å². The lowest BCUT2D eigenvalue weighted by atomic mass is 10.3. The molecule has 0 saturated heterocycles. The number of hydrogen-bond donors (Lipinski definition) is 3. The fourth-order valence-electron chi connectivity index (χ4n) is 1.15. The molecule has 0 bridgehead atoms. The lowest BCUT2D eigenvalue weighted by Gasteiger charge is -2.08. The predicted octanol–water partition coefficient (Wildman–Crippen LogP) is -0.458. The number of nitrogen functional groups attached to an aromatic ring is 1. The molecule has 0 aromatic carbocycles. The van der Waals surface area contributed by atoms with Crippen LogP contribution in [0.4, 0.5) is 11.8 Å². The second kappa shape index (κ2) is 6.64. The van der Waals surface area contributed by atoms with Crippen LogP contribution < -0.4 is 16.4 Å². The van der Waals surface area contributed by atoms with Crippen molar-refractivity contribution in [1.82, 2.24) is 15.3 Å². The molecule has 0 unspecified atom stereocenters. The van der Waals surface area contributed by atoms with Crippen LogP contribution in [0.5, 0.6) is 0 Å². The monoisotopic (exact) mass is 239 g/mol. The Morgan fingerprint density at radius 1 is 1.59 bits per heavy atom. The molecule has 94 valence electrons. The van der Waals surface area contributed by atoms with Crippen LogP contribution in [0.1, 0.15) is 5.56 Å². The van der Waals surface area contributed by atoms with Crippen LogP contribution in [0.15, 0.2) is 6.20 Å². The quantitative estimate of drug-likeness (QED) is 0.581. The van der Waals surface area contributed by atoms with Gasteiger partial charge in [0.2, 0.25) is 11.9 Å². The van der Waals surface area contributed by atoms with Gasteiger partial charge in [-0.25, -0.2) is 4.98 Å². The van der Waals surface area contributed by atoms with Gasteiger partial charge in [0.15, 0.2) is 0 Å². The molecule has 0 fully saturated rings. The first-order valence-corrected chi connectivity index (χ1v) is 5.22. The molecular formula is C10H17N5O2. The van der Waals surface area contributed by atoms with Gasteiger partial charge in [0, 0.05) is 25.4 Å². The molecule has 1 aromatic rings. The maximum Gasteiger partial charge on any atom is 0.239 e. The largest absolute Gasteiger partial charge is 0.383 e. The number of nitrogens with zero attached hydrogens (tertiary/aromatic N) is 2. The van der Waals surface area contributed by atoms with Crippen LogP contribution in [0, 0.1) is 6.92 Å². The van der Waals surface area contributed by atoms with E-state index >= 15 is 0 Å². The molecule has 0 aliphatic heterocycles. The zero-order valence-electron chi connectivity index (χ0n) is 9.99. The van der Waals surface area contributed by atoms with E-state index in [-0.39, 0.29) is 18.4 Å². The smallest absolute Gasteiger partial charge is 0.239 e. The fourth-order valence-corrected chi connectivity index (χ4v) is 1.15. The van der Waals surface area contributed by atoms with E-state index in [0.29, 0.717) is 19.0 Å². The van der Waals surface area contributed by atoms with Crippen LogP contribution in [0.25, 0.3) is 0 Å². The molecule has 1 rings (SSSR count). The van der Waals surface area contributed by atoms with Gasteiger partial charge in [0.05, 0.1) is 13.2 Å². The molecule has 7 nitrogen and oxygen atoms in total. The van der Waals surface area contributed by atoms with Crippen LogP contribution >= 0.6 is 0 Å². The molecule has 1 amide bonds. The summed E-state index contributed by atoms with van der Waals surface area (Å²) in [6.07, 6.45) is 1.60. The fraction of sp³-hybridized carbons (Fsp3) is 0.500. The summed E-state index contributed by atoms with van der Waals surface area (Å²) < 4.78 is 4.82. The van der Waals surface area contributed by atoms with Crippen molar-refractivity contribution in [3.8, 4) is 0 Å². The first kappa shape index (κ1) is 13.2. The number of methoxy groups -OCH3 is 1. The maximum atomic E-state index is 11.4. The van der Waals surface area contributed by atoms with E-state index in [2.05, 4.69) is 20.6 Å². The van der Waals surface area contributed by atoms with Gasteiger partial charge >= 0.3 is 0 Å². The Morgan fingerprint density at radius 2 is 2.35 bits per heavy atom. The van der Waals surface area contributed by atoms with E-state index in [0.717, 1.165) is 5.56 Å².